The van der Waals surface area contributed by atoms with Crippen LogP contribution >= 0.6 is 20.7 Å². The molecule has 2 heterocycles. The van der Waals surface area contributed by atoms with E-state index in [1.807, 2.05) is 28.5 Å². The zero-order chi connectivity index (χ0) is 16.0. The van der Waals surface area contributed by atoms with E-state index in [1.54, 1.807) is 10.3 Å². The fourth-order valence-electron chi connectivity index (χ4n) is 2.98. The van der Waals surface area contributed by atoms with Crippen molar-refractivity contribution in [3.05, 3.63) is 63.6 Å². The van der Waals surface area contributed by atoms with Crippen LogP contribution in [-0.4, -0.2) is 0 Å². The van der Waals surface area contributed by atoms with Gasteiger partial charge in [0.1, 0.15) is 4.67 Å². The van der Waals surface area contributed by atoms with Gasteiger partial charge in [0.15, 0.2) is 0 Å². The van der Waals surface area contributed by atoms with E-state index in [0.717, 1.165) is 10.4 Å². The molecule has 0 atom stereocenters. The quantitative estimate of drug-likeness (QED) is 0.567. The van der Waals surface area contributed by atoms with Crippen molar-refractivity contribution in [2.45, 2.75) is 26.3 Å². The molecule has 1 aliphatic rings. The third-order valence-electron chi connectivity index (χ3n) is 4.09. The van der Waals surface area contributed by atoms with Crippen LogP contribution in [0.4, 0.5) is 11.4 Å². The van der Waals surface area contributed by atoms with E-state index in [0.29, 0.717) is 0 Å². The summed E-state index contributed by atoms with van der Waals surface area (Å²) >= 11 is 0. The fraction of sp³-hybridized carbons (Fsp3) is 0.211. The Balaban J connectivity index is 2.00. The van der Waals surface area contributed by atoms with Crippen molar-refractivity contribution in [1.82, 2.24) is 0 Å². The smallest absolute Gasteiger partial charge is 0.135 e. The van der Waals surface area contributed by atoms with Gasteiger partial charge in [0.25, 0.3) is 0 Å². The van der Waals surface area contributed by atoms with Gasteiger partial charge in [-0.05, 0) is 44.5 Å². The van der Waals surface area contributed by atoms with Gasteiger partial charge in [-0.3, -0.25) is 0 Å². The van der Waals surface area contributed by atoms with Gasteiger partial charge in [0, 0.05) is 16.8 Å². The maximum atomic E-state index is 4.90. The van der Waals surface area contributed by atoms with Crippen molar-refractivity contribution in [3.8, 4) is 11.1 Å². The normalized spacial score (nSPS) is 15.7. The highest BCUT2D eigenvalue weighted by atomic mass is 32.9. The molecule has 3 aromatic rings. The van der Waals surface area contributed by atoms with E-state index in [1.165, 1.54) is 27.3 Å². The fourth-order valence-corrected chi connectivity index (χ4v) is 5.92. The average Bonchev–Trinajstić information content (AvgIpc) is 2.93. The Hall–Kier alpha value is -1.91. The Kier molecular flexibility index (Phi) is 3.39. The zero-order valence-corrected chi connectivity index (χ0v) is 15.0. The van der Waals surface area contributed by atoms with Crippen LogP contribution in [0, 0.1) is 6.92 Å². The van der Waals surface area contributed by atoms with E-state index < -0.39 is 0 Å². The molecule has 0 unspecified atom stereocenters. The first-order valence-electron chi connectivity index (χ1n) is 7.67. The maximum Gasteiger partial charge on any atom is 0.135 e. The molecular formula is C19H18N2S2. The predicted molar refractivity (Wildman–Crippen MR) is 101 cm³/mol. The van der Waals surface area contributed by atoms with Crippen molar-refractivity contribution in [2.75, 3.05) is 5.32 Å². The molecule has 2 aromatic carbocycles. The summed E-state index contributed by atoms with van der Waals surface area (Å²) in [5.41, 5.74) is 5.98. The van der Waals surface area contributed by atoms with Crippen LogP contribution in [-0.2, 0) is 5.54 Å². The zero-order valence-electron chi connectivity index (χ0n) is 13.4. The molecule has 23 heavy (non-hydrogen) atoms. The number of aryl methyl sites for hydroxylation is 1. The lowest BCUT2D eigenvalue weighted by atomic mass is 9.89. The second kappa shape index (κ2) is 5.32. The van der Waals surface area contributed by atoms with Gasteiger partial charge in [-0.25, -0.2) is 4.99 Å². The molecule has 2 nitrogen and oxygen atoms in total. The number of nitrogens with zero attached hydrogens (tertiary/aromatic N) is 1. The summed E-state index contributed by atoms with van der Waals surface area (Å²) in [6.07, 6.45) is 0. The second-order valence-electron chi connectivity index (χ2n) is 6.42. The van der Waals surface area contributed by atoms with Crippen molar-refractivity contribution in [2.24, 2.45) is 4.99 Å². The number of rotatable bonds is 1. The van der Waals surface area contributed by atoms with Gasteiger partial charge in [-0.2, -0.15) is 0 Å². The van der Waals surface area contributed by atoms with Gasteiger partial charge in [-0.15, -0.1) is 0 Å². The van der Waals surface area contributed by atoms with Gasteiger partial charge >= 0.3 is 0 Å². The lowest BCUT2D eigenvalue weighted by Crippen LogP contribution is -2.31. The molecule has 0 saturated heterocycles. The average molecular weight is 339 g/mol. The lowest BCUT2D eigenvalue weighted by molar-refractivity contribution is 0.619. The van der Waals surface area contributed by atoms with Crippen LogP contribution in [0.2, 0.25) is 0 Å². The summed E-state index contributed by atoms with van der Waals surface area (Å²) in [6, 6.07) is 16.8. The third kappa shape index (κ3) is 2.52. The first-order valence-corrected chi connectivity index (χ1v) is 9.82. The SMILES string of the molecule is Cc1ccc2c(c1)NC(C)(C)c1ssc(=Nc3ccccc3)c1-2. The summed E-state index contributed by atoms with van der Waals surface area (Å²) < 4.78 is 1.11. The minimum atomic E-state index is -0.0677. The van der Waals surface area contributed by atoms with Crippen molar-refractivity contribution in [3.63, 3.8) is 0 Å². The van der Waals surface area contributed by atoms with E-state index in [9.17, 15) is 0 Å². The van der Waals surface area contributed by atoms with E-state index in [-0.39, 0.29) is 5.54 Å². The van der Waals surface area contributed by atoms with Crippen molar-refractivity contribution in [1.29, 1.82) is 0 Å². The molecule has 0 aliphatic carbocycles. The standard InChI is InChI=1S/C19H18N2S2/c1-12-9-10-14-15(11-12)21-19(2,3)17-16(14)18(23-22-17)20-13-7-5-4-6-8-13/h4-11,21H,1-3H3. The van der Waals surface area contributed by atoms with Crippen LogP contribution in [0.1, 0.15) is 24.3 Å². The topological polar surface area (TPSA) is 24.4 Å². The molecule has 4 rings (SSSR count). The summed E-state index contributed by atoms with van der Waals surface area (Å²) in [4.78, 5) is 6.27. The number of anilines is 1. The number of hydrogen-bond donors (Lipinski definition) is 1. The molecule has 0 fully saturated rings. The Morgan fingerprint density at radius 2 is 1.78 bits per heavy atom. The lowest BCUT2D eigenvalue weighted by Gasteiger charge is -2.33. The van der Waals surface area contributed by atoms with Crippen LogP contribution in [0.3, 0.4) is 0 Å². The van der Waals surface area contributed by atoms with Gasteiger partial charge in [0.2, 0.25) is 0 Å². The molecule has 116 valence electrons. The van der Waals surface area contributed by atoms with Crippen LogP contribution in [0.15, 0.2) is 53.5 Å². The highest BCUT2D eigenvalue weighted by Gasteiger charge is 2.33. The summed E-state index contributed by atoms with van der Waals surface area (Å²) in [5.74, 6) is 0. The summed E-state index contributed by atoms with van der Waals surface area (Å²) in [5, 5.41) is 3.69. The monoisotopic (exact) mass is 338 g/mol. The van der Waals surface area contributed by atoms with E-state index in [4.69, 9.17) is 4.99 Å². The minimum absolute atomic E-state index is 0.0677. The Morgan fingerprint density at radius 1 is 1.00 bits per heavy atom. The number of benzene rings is 2. The van der Waals surface area contributed by atoms with Gasteiger partial charge in [0.05, 0.1) is 16.1 Å². The molecule has 1 aliphatic heterocycles. The molecule has 0 radical (unpaired) electrons. The molecule has 0 spiro atoms. The predicted octanol–water partition coefficient (Wildman–Crippen LogP) is 5.68. The highest BCUT2D eigenvalue weighted by Crippen LogP contribution is 2.45. The molecule has 0 amide bonds. The highest BCUT2D eigenvalue weighted by molar-refractivity contribution is 7.68. The summed E-state index contributed by atoms with van der Waals surface area (Å²) in [6.45, 7) is 6.62. The third-order valence-corrected chi connectivity index (χ3v) is 6.73. The van der Waals surface area contributed by atoms with Gasteiger partial charge < -0.3 is 5.32 Å². The Bertz CT molecular complexity index is 934. The number of para-hydroxylation sites is 1. The van der Waals surface area contributed by atoms with Crippen molar-refractivity contribution >= 4 is 32.1 Å². The maximum absolute atomic E-state index is 4.90. The molecule has 4 heteroatoms. The first kappa shape index (κ1) is 14.7. The van der Waals surface area contributed by atoms with Crippen LogP contribution in [0.5, 0.6) is 0 Å². The molecule has 0 bridgehead atoms. The van der Waals surface area contributed by atoms with E-state index in [2.05, 4.69) is 56.4 Å². The van der Waals surface area contributed by atoms with Crippen LogP contribution in [0.25, 0.3) is 11.1 Å². The molecular weight excluding hydrogens is 320 g/mol. The van der Waals surface area contributed by atoms with Crippen LogP contribution < -0.4 is 9.99 Å². The molecule has 0 saturated carbocycles. The minimum Gasteiger partial charge on any atom is -0.375 e. The van der Waals surface area contributed by atoms with Gasteiger partial charge in [-0.1, -0.05) is 51.0 Å². The number of nitrogens with one attached hydrogen (secondary N) is 1. The molecule has 1 N–H and O–H groups in total. The first-order chi connectivity index (χ1) is 11.0. The van der Waals surface area contributed by atoms with E-state index >= 15 is 0 Å². The summed E-state index contributed by atoms with van der Waals surface area (Å²) in [7, 11) is 3.60. The number of hydrogen-bond acceptors (Lipinski definition) is 4. The largest absolute Gasteiger partial charge is 0.375 e. The second-order valence-corrected chi connectivity index (χ2v) is 8.55. The Morgan fingerprint density at radius 3 is 2.57 bits per heavy atom. The number of fused-ring (bicyclic) bond motifs is 3. The molecule has 1 aromatic heterocycles. The Labute approximate surface area is 143 Å². The van der Waals surface area contributed by atoms with Crippen molar-refractivity contribution < 1.29 is 0 Å².